The van der Waals surface area contributed by atoms with Crippen molar-refractivity contribution in [2.24, 2.45) is 5.73 Å². The van der Waals surface area contributed by atoms with E-state index in [2.05, 4.69) is 4.74 Å². The third-order valence-electron chi connectivity index (χ3n) is 1.62. The molecule has 0 aliphatic heterocycles. The molecule has 0 amide bonds. The highest BCUT2D eigenvalue weighted by molar-refractivity contribution is 5.22. The molecule has 2 N–H and O–H groups in total. The van der Waals surface area contributed by atoms with Crippen LogP contribution < -0.4 is 5.73 Å². The van der Waals surface area contributed by atoms with Gasteiger partial charge in [-0.25, -0.2) is 0 Å². The SMILES string of the molecule is CC1=CC=CC(N)(OC(F)(F)F)C1. The molecule has 74 valence electrons. The van der Waals surface area contributed by atoms with Gasteiger partial charge < -0.3 is 0 Å². The largest absolute Gasteiger partial charge is 0.524 e. The van der Waals surface area contributed by atoms with Crippen molar-refractivity contribution in [2.45, 2.75) is 25.4 Å². The molecule has 0 fully saturated rings. The fourth-order valence-electron chi connectivity index (χ4n) is 1.21. The lowest BCUT2D eigenvalue weighted by atomic mass is 9.99. The number of ether oxygens (including phenoxy) is 1. The van der Waals surface area contributed by atoms with E-state index in [-0.39, 0.29) is 6.42 Å². The maximum atomic E-state index is 11.9. The fourth-order valence-corrected chi connectivity index (χ4v) is 1.21. The molecular weight excluding hydrogens is 183 g/mol. The zero-order valence-electron chi connectivity index (χ0n) is 7.06. The number of hydrogen-bond donors (Lipinski definition) is 1. The van der Waals surface area contributed by atoms with E-state index in [0.29, 0.717) is 0 Å². The molecule has 2 nitrogen and oxygen atoms in total. The van der Waals surface area contributed by atoms with Crippen LogP contribution in [0.4, 0.5) is 13.2 Å². The minimum Gasteiger partial charge on any atom is -0.300 e. The van der Waals surface area contributed by atoms with Gasteiger partial charge in [0.15, 0.2) is 0 Å². The van der Waals surface area contributed by atoms with Crippen LogP contribution in [0.2, 0.25) is 0 Å². The topological polar surface area (TPSA) is 35.2 Å². The summed E-state index contributed by atoms with van der Waals surface area (Å²) >= 11 is 0. The van der Waals surface area contributed by atoms with Gasteiger partial charge in [-0.15, -0.1) is 13.2 Å². The van der Waals surface area contributed by atoms with Crippen LogP contribution in [0.15, 0.2) is 23.8 Å². The van der Waals surface area contributed by atoms with Crippen LogP contribution in [0, 0.1) is 0 Å². The molecule has 0 saturated carbocycles. The van der Waals surface area contributed by atoms with E-state index >= 15 is 0 Å². The van der Waals surface area contributed by atoms with Crippen molar-refractivity contribution in [3.05, 3.63) is 23.8 Å². The number of halogens is 3. The molecule has 0 spiro atoms. The molecular formula is C8H10F3NO. The molecule has 0 radical (unpaired) electrons. The van der Waals surface area contributed by atoms with Crippen molar-refractivity contribution < 1.29 is 17.9 Å². The third-order valence-corrected chi connectivity index (χ3v) is 1.62. The monoisotopic (exact) mass is 193 g/mol. The van der Waals surface area contributed by atoms with Crippen molar-refractivity contribution in [3.63, 3.8) is 0 Å². The van der Waals surface area contributed by atoms with Crippen LogP contribution in [0.25, 0.3) is 0 Å². The van der Waals surface area contributed by atoms with Crippen molar-refractivity contribution in [1.82, 2.24) is 0 Å². The fraction of sp³-hybridized carbons (Fsp3) is 0.500. The number of alkyl halides is 3. The average molecular weight is 193 g/mol. The molecule has 1 aliphatic carbocycles. The predicted octanol–water partition coefficient (Wildman–Crippen LogP) is 2.08. The summed E-state index contributed by atoms with van der Waals surface area (Å²) in [5.41, 5.74) is 4.39. The lowest BCUT2D eigenvalue weighted by Gasteiger charge is -2.29. The number of hydrogen-bond acceptors (Lipinski definition) is 2. The Hall–Kier alpha value is -0.810. The highest BCUT2D eigenvalue weighted by Crippen LogP contribution is 2.29. The maximum absolute atomic E-state index is 11.9. The molecule has 0 aromatic heterocycles. The summed E-state index contributed by atoms with van der Waals surface area (Å²) in [6.07, 6.45) is -0.275. The van der Waals surface area contributed by atoms with Gasteiger partial charge in [0.2, 0.25) is 0 Å². The minimum absolute atomic E-state index is 0.0585. The van der Waals surface area contributed by atoms with Gasteiger partial charge in [0.05, 0.1) is 0 Å². The number of allylic oxidation sites excluding steroid dienone is 2. The summed E-state index contributed by atoms with van der Waals surface area (Å²) in [5, 5.41) is 0. The quantitative estimate of drug-likeness (QED) is 0.647. The van der Waals surface area contributed by atoms with Crippen LogP contribution >= 0.6 is 0 Å². The smallest absolute Gasteiger partial charge is 0.300 e. The average Bonchev–Trinajstić information content (AvgIpc) is 1.79. The first-order valence-electron chi connectivity index (χ1n) is 3.71. The Balaban J connectivity index is 2.69. The van der Waals surface area contributed by atoms with Crippen molar-refractivity contribution >= 4 is 0 Å². The number of rotatable bonds is 1. The van der Waals surface area contributed by atoms with E-state index < -0.39 is 12.1 Å². The summed E-state index contributed by atoms with van der Waals surface area (Å²) in [6.45, 7) is 1.70. The Labute approximate surface area is 73.9 Å². The summed E-state index contributed by atoms with van der Waals surface area (Å²) in [5.74, 6) is 0. The van der Waals surface area contributed by atoms with E-state index in [1.54, 1.807) is 13.0 Å². The van der Waals surface area contributed by atoms with Gasteiger partial charge in [-0.2, -0.15) is 0 Å². The minimum atomic E-state index is -4.70. The van der Waals surface area contributed by atoms with Gasteiger partial charge >= 0.3 is 6.36 Å². The second-order valence-corrected chi connectivity index (χ2v) is 3.05. The molecule has 0 heterocycles. The van der Waals surface area contributed by atoms with Crippen LogP contribution in [0.1, 0.15) is 13.3 Å². The molecule has 1 aliphatic rings. The summed E-state index contributed by atoms with van der Waals surface area (Å²) in [6, 6.07) is 0. The molecule has 0 aromatic rings. The van der Waals surface area contributed by atoms with Crippen molar-refractivity contribution in [1.29, 1.82) is 0 Å². The van der Waals surface area contributed by atoms with E-state index in [9.17, 15) is 13.2 Å². The summed E-state index contributed by atoms with van der Waals surface area (Å²) < 4.78 is 39.4. The van der Waals surface area contributed by atoms with Gasteiger partial charge in [-0.3, -0.25) is 10.5 Å². The second-order valence-electron chi connectivity index (χ2n) is 3.05. The molecule has 1 rings (SSSR count). The first-order chi connectivity index (χ1) is 5.81. The standard InChI is InChI=1S/C8H10F3NO/c1-6-3-2-4-7(12,5-6)13-8(9,10)11/h2-4H,5,12H2,1H3. The van der Waals surface area contributed by atoms with E-state index in [1.165, 1.54) is 12.2 Å². The summed E-state index contributed by atoms with van der Waals surface area (Å²) in [7, 11) is 0. The second kappa shape index (κ2) is 3.16. The molecule has 13 heavy (non-hydrogen) atoms. The van der Waals surface area contributed by atoms with Gasteiger partial charge in [0.25, 0.3) is 0 Å². The zero-order valence-corrected chi connectivity index (χ0v) is 7.06. The molecule has 0 aromatic carbocycles. The molecule has 0 saturated heterocycles. The zero-order chi connectivity index (χ0) is 10.1. The lowest BCUT2D eigenvalue weighted by molar-refractivity contribution is -0.357. The summed E-state index contributed by atoms with van der Waals surface area (Å²) in [4.78, 5) is 0. The normalized spacial score (nSPS) is 28.8. The van der Waals surface area contributed by atoms with Gasteiger partial charge in [0, 0.05) is 6.42 Å². The van der Waals surface area contributed by atoms with Crippen molar-refractivity contribution in [3.8, 4) is 0 Å². The Bertz CT molecular complexity index is 257. The first kappa shape index (κ1) is 10.3. The highest BCUT2D eigenvalue weighted by Gasteiger charge is 2.40. The lowest BCUT2D eigenvalue weighted by Crippen LogP contribution is -2.45. The van der Waals surface area contributed by atoms with E-state index in [4.69, 9.17) is 5.73 Å². The van der Waals surface area contributed by atoms with Gasteiger partial charge in [0.1, 0.15) is 5.72 Å². The van der Waals surface area contributed by atoms with Crippen molar-refractivity contribution in [2.75, 3.05) is 0 Å². The number of nitrogens with two attached hydrogens (primary N) is 1. The Kier molecular flexibility index (Phi) is 2.49. The van der Waals surface area contributed by atoms with Crippen LogP contribution in [-0.4, -0.2) is 12.1 Å². The van der Waals surface area contributed by atoms with Crippen LogP contribution in [0.5, 0.6) is 0 Å². The highest BCUT2D eigenvalue weighted by atomic mass is 19.4. The third kappa shape index (κ3) is 3.20. The van der Waals surface area contributed by atoms with E-state index in [0.717, 1.165) is 5.57 Å². The molecule has 5 heteroatoms. The predicted molar refractivity (Wildman–Crippen MR) is 41.6 cm³/mol. The molecule has 1 atom stereocenters. The molecule has 1 unspecified atom stereocenters. The van der Waals surface area contributed by atoms with E-state index in [1.807, 2.05) is 0 Å². The van der Waals surface area contributed by atoms with Gasteiger partial charge in [-0.1, -0.05) is 17.7 Å². The maximum Gasteiger partial charge on any atom is 0.524 e. The Morgan fingerprint density at radius 3 is 2.62 bits per heavy atom. The van der Waals surface area contributed by atoms with Crippen LogP contribution in [0.3, 0.4) is 0 Å². The first-order valence-corrected chi connectivity index (χ1v) is 3.71. The molecule has 0 bridgehead atoms. The van der Waals surface area contributed by atoms with Crippen LogP contribution in [-0.2, 0) is 4.74 Å². The Morgan fingerprint density at radius 2 is 2.15 bits per heavy atom. The van der Waals surface area contributed by atoms with Gasteiger partial charge in [-0.05, 0) is 13.0 Å². The Morgan fingerprint density at radius 1 is 1.54 bits per heavy atom.